The van der Waals surface area contributed by atoms with Crippen LogP contribution in [0.4, 0.5) is 0 Å². The predicted molar refractivity (Wildman–Crippen MR) is 70.9 cm³/mol. The van der Waals surface area contributed by atoms with Gasteiger partial charge < -0.3 is 10.4 Å². The van der Waals surface area contributed by atoms with Gasteiger partial charge in [-0.05, 0) is 48.0 Å². The van der Waals surface area contributed by atoms with E-state index < -0.39 is 11.1 Å². The normalized spacial score (nSPS) is 16.5. The molecule has 0 aliphatic carbocycles. The first-order valence-corrected chi connectivity index (χ1v) is 6.31. The molecule has 2 atom stereocenters. The molecule has 0 saturated carbocycles. The van der Waals surface area contributed by atoms with E-state index in [1.54, 1.807) is 13.8 Å². The summed E-state index contributed by atoms with van der Waals surface area (Å²) in [6, 6.07) is -0.151. The molecule has 0 heterocycles. The van der Waals surface area contributed by atoms with Crippen molar-refractivity contribution < 1.29 is 9.90 Å². The second kappa shape index (κ2) is 5.83. The molecule has 102 valence electrons. The van der Waals surface area contributed by atoms with Crippen LogP contribution in [-0.4, -0.2) is 34.2 Å². The van der Waals surface area contributed by atoms with Crippen LogP contribution in [0.1, 0.15) is 54.9 Å². The van der Waals surface area contributed by atoms with E-state index in [9.17, 15) is 9.90 Å². The Morgan fingerprint density at radius 2 is 1.71 bits per heavy atom. The number of hydrogen-bond acceptors (Lipinski definition) is 3. The zero-order chi connectivity index (χ0) is 13.9. The highest BCUT2D eigenvalue weighted by atomic mass is 16.3. The van der Waals surface area contributed by atoms with Crippen molar-refractivity contribution in [3.05, 3.63) is 0 Å². The molecule has 0 bridgehead atoms. The number of nitrogens with one attached hydrogen (secondary N) is 2. The molecule has 3 N–H and O–H groups in total. The third kappa shape index (κ3) is 5.04. The van der Waals surface area contributed by atoms with Crippen LogP contribution in [-0.2, 0) is 4.79 Å². The third-order valence-electron chi connectivity index (χ3n) is 3.50. The van der Waals surface area contributed by atoms with Crippen LogP contribution in [0.2, 0.25) is 0 Å². The van der Waals surface area contributed by atoms with E-state index in [4.69, 9.17) is 0 Å². The third-order valence-corrected chi connectivity index (χ3v) is 3.50. The first-order chi connectivity index (χ1) is 7.51. The summed E-state index contributed by atoms with van der Waals surface area (Å²) in [7, 11) is 0. The summed E-state index contributed by atoms with van der Waals surface area (Å²) < 4.78 is 0. The standard InChI is InChI=1S/C13H28N2O2/c1-8-9(2)14-11(16)10(3)15-12(4,5)13(6,7)17/h9-10,15,17H,8H2,1-7H3,(H,14,16). The topological polar surface area (TPSA) is 61.4 Å². The molecule has 0 aliphatic rings. The second-order valence-corrected chi connectivity index (χ2v) is 5.87. The van der Waals surface area contributed by atoms with E-state index in [1.807, 2.05) is 34.6 Å². The van der Waals surface area contributed by atoms with Crippen LogP contribution < -0.4 is 10.6 Å². The summed E-state index contributed by atoms with van der Waals surface area (Å²) in [4.78, 5) is 11.9. The summed E-state index contributed by atoms with van der Waals surface area (Å²) >= 11 is 0. The van der Waals surface area contributed by atoms with Crippen LogP contribution in [0.25, 0.3) is 0 Å². The molecule has 0 saturated heterocycles. The molecule has 0 aliphatic heterocycles. The van der Waals surface area contributed by atoms with Crippen LogP contribution >= 0.6 is 0 Å². The van der Waals surface area contributed by atoms with Crippen molar-refractivity contribution in [3.8, 4) is 0 Å². The largest absolute Gasteiger partial charge is 0.389 e. The smallest absolute Gasteiger partial charge is 0.237 e. The van der Waals surface area contributed by atoms with Gasteiger partial charge in [-0.15, -0.1) is 0 Å². The van der Waals surface area contributed by atoms with Gasteiger partial charge in [-0.3, -0.25) is 10.1 Å². The lowest BCUT2D eigenvalue weighted by Gasteiger charge is -2.40. The Balaban J connectivity index is 4.44. The Morgan fingerprint density at radius 3 is 2.06 bits per heavy atom. The minimum absolute atomic E-state index is 0.0309. The summed E-state index contributed by atoms with van der Waals surface area (Å²) in [5, 5.41) is 16.1. The van der Waals surface area contributed by atoms with Gasteiger partial charge in [0.25, 0.3) is 0 Å². The Bertz CT molecular complexity index is 257. The highest BCUT2D eigenvalue weighted by Crippen LogP contribution is 2.21. The number of rotatable bonds is 6. The van der Waals surface area contributed by atoms with Crippen LogP contribution in [0.3, 0.4) is 0 Å². The van der Waals surface area contributed by atoms with E-state index >= 15 is 0 Å². The Morgan fingerprint density at radius 1 is 1.24 bits per heavy atom. The van der Waals surface area contributed by atoms with E-state index in [0.717, 1.165) is 6.42 Å². The highest BCUT2D eigenvalue weighted by molar-refractivity contribution is 5.81. The summed E-state index contributed by atoms with van der Waals surface area (Å²) in [6.45, 7) is 13.1. The SMILES string of the molecule is CCC(C)NC(=O)C(C)NC(C)(C)C(C)(C)O. The lowest BCUT2D eigenvalue weighted by Crippen LogP contribution is -2.61. The van der Waals surface area contributed by atoms with Crippen molar-refractivity contribution >= 4 is 5.91 Å². The zero-order valence-corrected chi connectivity index (χ0v) is 12.2. The molecule has 0 fully saturated rings. The molecular weight excluding hydrogens is 216 g/mol. The molecule has 17 heavy (non-hydrogen) atoms. The molecule has 4 nitrogen and oxygen atoms in total. The average Bonchev–Trinajstić information content (AvgIpc) is 2.14. The van der Waals surface area contributed by atoms with Gasteiger partial charge in [0.15, 0.2) is 0 Å². The first-order valence-electron chi connectivity index (χ1n) is 6.31. The van der Waals surface area contributed by atoms with E-state index in [1.165, 1.54) is 0 Å². The van der Waals surface area contributed by atoms with Gasteiger partial charge >= 0.3 is 0 Å². The van der Waals surface area contributed by atoms with E-state index in [0.29, 0.717) is 0 Å². The van der Waals surface area contributed by atoms with Gasteiger partial charge in [-0.1, -0.05) is 6.92 Å². The monoisotopic (exact) mass is 244 g/mol. The molecule has 0 radical (unpaired) electrons. The predicted octanol–water partition coefficient (Wildman–Crippen LogP) is 1.43. The van der Waals surface area contributed by atoms with Gasteiger partial charge in [0.05, 0.1) is 11.6 Å². The molecule has 0 aromatic rings. The van der Waals surface area contributed by atoms with Gasteiger partial charge in [0.2, 0.25) is 5.91 Å². The molecule has 0 aromatic carbocycles. The van der Waals surface area contributed by atoms with Crippen LogP contribution in [0.5, 0.6) is 0 Å². The number of carbonyl (C=O) groups is 1. The van der Waals surface area contributed by atoms with E-state index in [-0.39, 0.29) is 18.0 Å². The summed E-state index contributed by atoms with van der Waals surface area (Å²) in [5.74, 6) is -0.0309. The van der Waals surface area contributed by atoms with Crippen molar-refractivity contribution in [1.82, 2.24) is 10.6 Å². The molecule has 2 unspecified atom stereocenters. The van der Waals surface area contributed by atoms with Gasteiger partial charge in [0.1, 0.15) is 0 Å². The number of aliphatic hydroxyl groups is 1. The summed E-state index contributed by atoms with van der Waals surface area (Å²) in [5.41, 5.74) is -1.42. The van der Waals surface area contributed by atoms with Crippen molar-refractivity contribution in [3.63, 3.8) is 0 Å². The van der Waals surface area contributed by atoms with Crippen molar-refractivity contribution in [1.29, 1.82) is 0 Å². The molecule has 1 amide bonds. The van der Waals surface area contributed by atoms with Gasteiger partial charge in [-0.25, -0.2) is 0 Å². The van der Waals surface area contributed by atoms with Crippen molar-refractivity contribution in [2.24, 2.45) is 0 Å². The van der Waals surface area contributed by atoms with E-state index in [2.05, 4.69) is 10.6 Å². The molecule has 0 aromatic heterocycles. The average molecular weight is 244 g/mol. The Kier molecular flexibility index (Phi) is 5.62. The zero-order valence-electron chi connectivity index (χ0n) is 12.2. The Hall–Kier alpha value is -0.610. The molecule has 0 rings (SSSR count). The minimum Gasteiger partial charge on any atom is -0.389 e. The highest BCUT2D eigenvalue weighted by Gasteiger charge is 2.36. The molecular formula is C13H28N2O2. The molecule has 0 spiro atoms. The van der Waals surface area contributed by atoms with Gasteiger partial charge in [0, 0.05) is 11.6 Å². The summed E-state index contributed by atoms with van der Waals surface area (Å²) in [6.07, 6.45) is 0.910. The van der Waals surface area contributed by atoms with Crippen LogP contribution in [0, 0.1) is 0 Å². The maximum atomic E-state index is 11.9. The fraction of sp³-hybridized carbons (Fsp3) is 0.923. The van der Waals surface area contributed by atoms with Crippen molar-refractivity contribution in [2.75, 3.05) is 0 Å². The van der Waals surface area contributed by atoms with Gasteiger partial charge in [-0.2, -0.15) is 0 Å². The fourth-order valence-corrected chi connectivity index (χ4v) is 1.25. The lowest BCUT2D eigenvalue weighted by molar-refractivity contribution is -0.124. The minimum atomic E-state index is -0.891. The van der Waals surface area contributed by atoms with Crippen LogP contribution in [0.15, 0.2) is 0 Å². The maximum Gasteiger partial charge on any atom is 0.237 e. The molecule has 4 heteroatoms. The number of amides is 1. The maximum absolute atomic E-state index is 11.9. The number of carbonyl (C=O) groups excluding carboxylic acids is 1. The Labute approximate surface area is 105 Å². The quantitative estimate of drug-likeness (QED) is 0.662. The first kappa shape index (κ1) is 16.4. The number of hydrogen-bond donors (Lipinski definition) is 3. The lowest BCUT2D eigenvalue weighted by atomic mass is 9.85. The second-order valence-electron chi connectivity index (χ2n) is 5.87. The fourth-order valence-electron chi connectivity index (χ4n) is 1.25. The van der Waals surface area contributed by atoms with Crippen molar-refractivity contribution in [2.45, 2.75) is 78.1 Å².